The molecule has 0 saturated heterocycles. The highest BCUT2D eigenvalue weighted by Gasteiger charge is 2.24. The SMILES string of the molecule is CC(O)C(=O)OS(=O)(=O)c1ccccc1N. The van der Waals surface area contributed by atoms with Gasteiger partial charge in [0, 0.05) is 0 Å². The molecule has 0 aromatic heterocycles. The first-order chi connectivity index (χ1) is 7.34. The number of carbonyl (C=O) groups excluding carboxylic acids is 1. The Hall–Kier alpha value is -1.60. The fourth-order valence-electron chi connectivity index (χ4n) is 0.931. The Kier molecular flexibility index (Phi) is 3.51. The topological polar surface area (TPSA) is 107 Å². The van der Waals surface area contributed by atoms with Crippen LogP contribution in [0.5, 0.6) is 0 Å². The van der Waals surface area contributed by atoms with Gasteiger partial charge in [-0.25, -0.2) is 4.79 Å². The van der Waals surface area contributed by atoms with Gasteiger partial charge in [0.1, 0.15) is 11.0 Å². The van der Waals surface area contributed by atoms with Crippen LogP contribution in [0.1, 0.15) is 6.92 Å². The molecule has 1 atom stereocenters. The van der Waals surface area contributed by atoms with E-state index in [-0.39, 0.29) is 10.6 Å². The highest BCUT2D eigenvalue weighted by atomic mass is 32.2. The zero-order valence-corrected chi connectivity index (χ0v) is 9.27. The van der Waals surface area contributed by atoms with Crippen molar-refractivity contribution in [2.75, 3.05) is 5.73 Å². The molecule has 1 unspecified atom stereocenters. The summed E-state index contributed by atoms with van der Waals surface area (Å²) in [6, 6.07) is 5.56. The first-order valence-corrected chi connectivity index (χ1v) is 5.76. The number of aliphatic hydroxyl groups is 1. The quantitative estimate of drug-likeness (QED) is 0.568. The molecule has 16 heavy (non-hydrogen) atoms. The van der Waals surface area contributed by atoms with E-state index >= 15 is 0 Å². The minimum Gasteiger partial charge on any atom is -0.398 e. The summed E-state index contributed by atoms with van der Waals surface area (Å²) in [6.45, 7) is 1.10. The zero-order chi connectivity index (χ0) is 12.3. The van der Waals surface area contributed by atoms with Crippen LogP contribution in [0.2, 0.25) is 0 Å². The van der Waals surface area contributed by atoms with E-state index < -0.39 is 22.2 Å². The first-order valence-electron chi connectivity index (χ1n) is 4.35. The number of hydrogen-bond acceptors (Lipinski definition) is 6. The Morgan fingerprint density at radius 2 is 2.00 bits per heavy atom. The van der Waals surface area contributed by atoms with Crippen LogP contribution in [-0.4, -0.2) is 25.6 Å². The highest BCUT2D eigenvalue weighted by molar-refractivity contribution is 7.87. The van der Waals surface area contributed by atoms with Crippen LogP contribution in [0.15, 0.2) is 29.2 Å². The van der Waals surface area contributed by atoms with Crippen molar-refractivity contribution in [1.29, 1.82) is 0 Å². The molecule has 7 heteroatoms. The second-order valence-electron chi connectivity index (χ2n) is 3.07. The third-order valence-electron chi connectivity index (χ3n) is 1.72. The van der Waals surface area contributed by atoms with E-state index in [0.29, 0.717) is 0 Å². The van der Waals surface area contributed by atoms with Gasteiger partial charge in [0.25, 0.3) is 0 Å². The van der Waals surface area contributed by atoms with Crippen molar-refractivity contribution >= 4 is 21.8 Å². The highest BCUT2D eigenvalue weighted by Crippen LogP contribution is 2.19. The maximum absolute atomic E-state index is 11.5. The standard InChI is InChI=1S/C9H11NO5S/c1-6(11)9(12)15-16(13,14)8-5-3-2-4-7(8)10/h2-6,11H,10H2,1H3. The van der Waals surface area contributed by atoms with Crippen LogP contribution in [-0.2, 0) is 19.1 Å². The lowest BCUT2D eigenvalue weighted by atomic mass is 10.3. The largest absolute Gasteiger partial charge is 0.398 e. The number of anilines is 1. The summed E-state index contributed by atoms with van der Waals surface area (Å²) in [5.41, 5.74) is 5.40. The molecule has 88 valence electrons. The second kappa shape index (κ2) is 4.50. The van der Waals surface area contributed by atoms with Crippen molar-refractivity contribution in [2.45, 2.75) is 17.9 Å². The van der Waals surface area contributed by atoms with Crippen LogP contribution in [0.3, 0.4) is 0 Å². The van der Waals surface area contributed by atoms with Gasteiger partial charge in [-0.1, -0.05) is 12.1 Å². The van der Waals surface area contributed by atoms with Gasteiger partial charge in [-0.15, -0.1) is 0 Å². The van der Waals surface area contributed by atoms with Crippen LogP contribution in [0.25, 0.3) is 0 Å². The molecule has 0 aliphatic rings. The Labute approximate surface area is 92.8 Å². The van der Waals surface area contributed by atoms with Gasteiger partial charge in [0.2, 0.25) is 0 Å². The van der Waals surface area contributed by atoms with Crippen LogP contribution in [0, 0.1) is 0 Å². The van der Waals surface area contributed by atoms with E-state index in [0.717, 1.165) is 6.92 Å². The molecule has 0 bridgehead atoms. The van der Waals surface area contributed by atoms with E-state index in [4.69, 9.17) is 10.8 Å². The van der Waals surface area contributed by atoms with E-state index in [1.54, 1.807) is 6.07 Å². The predicted molar refractivity (Wildman–Crippen MR) is 55.8 cm³/mol. The number of rotatable bonds is 3. The van der Waals surface area contributed by atoms with Gasteiger partial charge in [-0.3, -0.25) is 0 Å². The van der Waals surface area contributed by atoms with Crippen LogP contribution >= 0.6 is 0 Å². The molecule has 0 spiro atoms. The van der Waals surface area contributed by atoms with E-state index in [9.17, 15) is 13.2 Å². The minimum absolute atomic E-state index is 0.0270. The molecule has 0 saturated carbocycles. The third-order valence-corrected chi connectivity index (χ3v) is 3.02. The Morgan fingerprint density at radius 3 is 2.50 bits per heavy atom. The van der Waals surface area contributed by atoms with Gasteiger partial charge in [0.15, 0.2) is 0 Å². The van der Waals surface area contributed by atoms with Crippen LogP contribution in [0.4, 0.5) is 5.69 Å². The number of hydrogen-bond donors (Lipinski definition) is 2. The molecule has 0 fully saturated rings. The van der Waals surface area contributed by atoms with Crippen LogP contribution < -0.4 is 5.73 Å². The van der Waals surface area contributed by atoms with Crippen molar-refractivity contribution in [3.05, 3.63) is 24.3 Å². The lowest BCUT2D eigenvalue weighted by Crippen LogP contribution is -2.23. The van der Waals surface area contributed by atoms with Crippen molar-refractivity contribution in [2.24, 2.45) is 0 Å². The molecule has 1 aromatic carbocycles. The van der Waals surface area contributed by atoms with Gasteiger partial charge >= 0.3 is 16.1 Å². The fraction of sp³-hybridized carbons (Fsp3) is 0.222. The third kappa shape index (κ3) is 2.71. The molecule has 0 radical (unpaired) electrons. The monoisotopic (exact) mass is 245 g/mol. The number of carbonyl (C=O) groups is 1. The van der Waals surface area contributed by atoms with Crippen molar-refractivity contribution in [3.63, 3.8) is 0 Å². The normalized spacial score (nSPS) is 13.1. The van der Waals surface area contributed by atoms with Gasteiger partial charge in [-0.2, -0.15) is 8.42 Å². The molecule has 1 aromatic rings. The van der Waals surface area contributed by atoms with E-state index in [1.807, 2.05) is 0 Å². The number of benzene rings is 1. The van der Waals surface area contributed by atoms with Gasteiger partial charge in [0.05, 0.1) is 5.69 Å². The average Bonchev–Trinajstić information content (AvgIpc) is 2.17. The molecule has 0 heterocycles. The summed E-state index contributed by atoms with van der Waals surface area (Å²) in [5, 5.41) is 8.83. The van der Waals surface area contributed by atoms with E-state index in [1.165, 1.54) is 18.2 Å². The molecule has 0 aliphatic carbocycles. The number of nitrogens with two attached hydrogens (primary N) is 1. The van der Waals surface area contributed by atoms with Gasteiger partial charge < -0.3 is 15.0 Å². The molecule has 0 aliphatic heterocycles. The summed E-state index contributed by atoms with van der Waals surface area (Å²) in [6.07, 6.45) is -1.51. The zero-order valence-electron chi connectivity index (χ0n) is 8.45. The molecule has 1 rings (SSSR count). The molecular formula is C9H11NO5S. The number of aliphatic hydroxyl groups excluding tert-OH is 1. The summed E-state index contributed by atoms with van der Waals surface area (Å²) >= 11 is 0. The molecule has 3 N–H and O–H groups in total. The lowest BCUT2D eigenvalue weighted by molar-refractivity contribution is -0.142. The number of nitrogen functional groups attached to an aromatic ring is 1. The van der Waals surface area contributed by atoms with Crippen molar-refractivity contribution in [3.8, 4) is 0 Å². The lowest BCUT2D eigenvalue weighted by Gasteiger charge is -2.08. The summed E-state index contributed by atoms with van der Waals surface area (Å²) in [5.74, 6) is -1.25. The molecular weight excluding hydrogens is 234 g/mol. The van der Waals surface area contributed by atoms with E-state index in [2.05, 4.69) is 4.18 Å². The maximum Gasteiger partial charge on any atom is 0.350 e. The van der Waals surface area contributed by atoms with Crippen molar-refractivity contribution in [1.82, 2.24) is 0 Å². The second-order valence-corrected chi connectivity index (χ2v) is 4.59. The minimum atomic E-state index is -4.27. The first kappa shape index (κ1) is 12.5. The summed E-state index contributed by atoms with van der Waals surface area (Å²) in [7, 11) is -4.27. The smallest absolute Gasteiger partial charge is 0.350 e. The summed E-state index contributed by atoms with van der Waals surface area (Å²) in [4.78, 5) is 10.6. The molecule has 6 nitrogen and oxygen atoms in total. The fourth-order valence-corrected chi connectivity index (χ4v) is 1.98. The summed E-state index contributed by atoms with van der Waals surface area (Å²) < 4.78 is 27.2. The number of para-hydroxylation sites is 1. The maximum atomic E-state index is 11.5. The Balaban J connectivity index is 3.05. The van der Waals surface area contributed by atoms with Crippen molar-refractivity contribution < 1.29 is 22.5 Å². The van der Waals surface area contributed by atoms with Gasteiger partial charge in [-0.05, 0) is 19.1 Å². The Bertz CT molecular complexity index is 494. The molecule has 0 amide bonds. The predicted octanol–water partition coefficient (Wildman–Crippen LogP) is -0.119. The Morgan fingerprint density at radius 1 is 1.44 bits per heavy atom. The average molecular weight is 245 g/mol.